The van der Waals surface area contributed by atoms with Gasteiger partial charge in [-0.2, -0.15) is 0 Å². The van der Waals surface area contributed by atoms with Crippen molar-refractivity contribution >= 4 is 55.9 Å². The normalized spacial score (nSPS) is 24.0. The molecule has 2 aliphatic carbocycles. The maximum atomic E-state index is 11.9. The van der Waals surface area contributed by atoms with Crippen molar-refractivity contribution in [1.82, 2.24) is 20.0 Å². The number of aromatic carboxylic acids is 1. The Labute approximate surface area is 262 Å². The van der Waals surface area contributed by atoms with Crippen molar-refractivity contribution in [2.75, 3.05) is 24.7 Å². The van der Waals surface area contributed by atoms with E-state index in [9.17, 15) is 9.90 Å². The number of carboxylic acids is 1. The zero-order chi connectivity index (χ0) is 29.2. The largest absolute Gasteiger partial charge is 0.478 e. The van der Waals surface area contributed by atoms with E-state index in [4.69, 9.17) is 37.7 Å². The summed E-state index contributed by atoms with van der Waals surface area (Å²) in [6, 6.07) is 9.78. The lowest BCUT2D eigenvalue weighted by molar-refractivity contribution is 0.00958. The minimum Gasteiger partial charge on any atom is -0.478 e. The van der Waals surface area contributed by atoms with Gasteiger partial charge in [-0.25, -0.2) is 14.5 Å². The lowest BCUT2D eigenvalue weighted by Gasteiger charge is -2.31. The first-order valence-corrected chi connectivity index (χ1v) is 16.5. The molecule has 12 heteroatoms. The highest BCUT2D eigenvalue weighted by Gasteiger charge is 2.46. The summed E-state index contributed by atoms with van der Waals surface area (Å²) in [6.45, 7) is 2.67. The van der Waals surface area contributed by atoms with Crippen LogP contribution in [0.2, 0.25) is 10.0 Å². The van der Waals surface area contributed by atoms with Crippen LogP contribution in [0.25, 0.3) is 21.5 Å². The maximum Gasteiger partial charge on any atom is 0.335 e. The number of thiazole rings is 1. The van der Waals surface area contributed by atoms with Crippen molar-refractivity contribution in [3.8, 4) is 11.3 Å². The first kappa shape index (κ1) is 27.8. The molecule has 9 nitrogen and oxygen atoms in total. The molecule has 43 heavy (non-hydrogen) atoms. The van der Waals surface area contributed by atoms with Gasteiger partial charge >= 0.3 is 5.97 Å². The third-order valence-electron chi connectivity index (χ3n) is 9.46. The summed E-state index contributed by atoms with van der Waals surface area (Å²) in [6.07, 6.45) is 6.04. The lowest BCUT2D eigenvalue weighted by atomic mass is 9.90. The summed E-state index contributed by atoms with van der Waals surface area (Å²) in [4.78, 5) is 19.5. The van der Waals surface area contributed by atoms with Crippen molar-refractivity contribution in [2.24, 2.45) is 5.92 Å². The van der Waals surface area contributed by atoms with E-state index in [0.717, 1.165) is 71.7 Å². The molecule has 4 fully saturated rings. The number of benzene rings is 2. The van der Waals surface area contributed by atoms with Gasteiger partial charge in [-0.3, -0.25) is 0 Å². The number of rotatable bonds is 8. The van der Waals surface area contributed by atoms with Crippen LogP contribution in [0.5, 0.6) is 0 Å². The first-order chi connectivity index (χ1) is 20.9. The topological polar surface area (TPSA) is 103 Å². The summed E-state index contributed by atoms with van der Waals surface area (Å²) in [5.74, 6) is -0.245. The van der Waals surface area contributed by atoms with Crippen LogP contribution in [0.3, 0.4) is 0 Å². The Kier molecular flexibility index (Phi) is 7.10. The van der Waals surface area contributed by atoms with Gasteiger partial charge in [0.1, 0.15) is 5.69 Å². The van der Waals surface area contributed by atoms with Gasteiger partial charge in [-0.05, 0) is 74.3 Å². The van der Waals surface area contributed by atoms with Gasteiger partial charge in [-0.15, -0.1) is 5.10 Å². The van der Waals surface area contributed by atoms with Gasteiger partial charge in [0.2, 0.25) is 0 Å². The molecule has 3 atom stereocenters. The molecular weight excluding hydrogens is 609 g/mol. The average Bonchev–Trinajstić information content (AvgIpc) is 3.32. The van der Waals surface area contributed by atoms with Crippen molar-refractivity contribution in [1.29, 1.82) is 0 Å². The van der Waals surface area contributed by atoms with E-state index < -0.39 is 5.97 Å². The molecule has 2 bridgehead atoms. The molecule has 1 N–H and O–H groups in total. The molecule has 4 aromatic rings. The van der Waals surface area contributed by atoms with Crippen LogP contribution in [-0.2, 0) is 16.1 Å². The second-order valence-electron chi connectivity index (χ2n) is 12.1. The Morgan fingerprint density at radius 1 is 1.09 bits per heavy atom. The predicted octanol–water partition coefficient (Wildman–Crippen LogP) is 6.97. The van der Waals surface area contributed by atoms with E-state index in [2.05, 4.69) is 15.2 Å². The Morgan fingerprint density at radius 2 is 1.88 bits per heavy atom. The highest BCUT2D eigenvalue weighted by molar-refractivity contribution is 7.22. The molecule has 2 aliphatic heterocycles. The standard InChI is InChI=1S/C31H31Cl2N5O4S/c32-22-2-1-3-23(33)27(22)29-24(38(36-35-29)19-4-5-19)15-42-25-13-20-10-18(25)14-37(20)31-34-28-21(16-6-8-41-9-7-16)11-17(30(39)40)12-26(28)43-31/h1-3,11-12,16,18-20,25H,4-10,13-15H2,(H,39,40)/t18-,20-,25+/m0/s1. The number of anilines is 1. The zero-order valence-corrected chi connectivity index (χ0v) is 25.7. The minimum atomic E-state index is -0.899. The summed E-state index contributed by atoms with van der Waals surface area (Å²) in [5.41, 5.74) is 4.65. The van der Waals surface area contributed by atoms with Crippen molar-refractivity contribution < 1.29 is 19.4 Å². The van der Waals surface area contributed by atoms with Crippen LogP contribution in [0.1, 0.15) is 72.1 Å². The van der Waals surface area contributed by atoms with Crippen LogP contribution in [0.4, 0.5) is 5.13 Å². The SMILES string of the molecule is O=C(O)c1cc(C2CCOCC2)c2nc(N3C[C@@H]4C[C@H]3C[C@H]4OCc3c(-c4c(Cl)cccc4Cl)nnn3C3CC3)sc2c1. The average molecular weight is 641 g/mol. The van der Waals surface area contributed by atoms with Crippen molar-refractivity contribution in [2.45, 2.75) is 69.2 Å². The van der Waals surface area contributed by atoms with E-state index in [1.165, 1.54) is 0 Å². The van der Waals surface area contributed by atoms with E-state index in [1.54, 1.807) is 17.4 Å². The number of ether oxygens (including phenoxy) is 2. The highest BCUT2D eigenvalue weighted by atomic mass is 35.5. The first-order valence-electron chi connectivity index (χ1n) is 15.0. The number of halogens is 2. The van der Waals surface area contributed by atoms with Gasteiger partial charge in [-0.1, -0.05) is 45.8 Å². The van der Waals surface area contributed by atoms with Gasteiger partial charge in [0, 0.05) is 37.3 Å². The van der Waals surface area contributed by atoms with E-state index in [-0.39, 0.29) is 12.0 Å². The fourth-order valence-corrected chi connectivity index (χ4v) is 8.82. The van der Waals surface area contributed by atoms with Crippen LogP contribution in [0, 0.1) is 5.92 Å². The summed E-state index contributed by atoms with van der Waals surface area (Å²) >= 11 is 14.7. The molecular formula is C31H31Cl2N5O4S. The number of nitrogens with zero attached hydrogens (tertiary/aromatic N) is 5. The van der Waals surface area contributed by atoms with Crippen LogP contribution in [-0.4, -0.2) is 63.0 Å². The zero-order valence-electron chi connectivity index (χ0n) is 23.4. The third-order valence-corrected chi connectivity index (χ3v) is 11.1. The van der Waals surface area contributed by atoms with E-state index in [1.807, 2.05) is 28.9 Å². The number of carbonyl (C=O) groups is 1. The molecule has 4 aliphatic rings. The number of aromatic nitrogens is 4. The highest BCUT2D eigenvalue weighted by Crippen LogP contribution is 2.46. The Balaban J connectivity index is 1.01. The van der Waals surface area contributed by atoms with Gasteiger partial charge in [0.05, 0.1) is 50.3 Å². The summed E-state index contributed by atoms with van der Waals surface area (Å²) < 4.78 is 15.1. The molecule has 2 saturated heterocycles. The summed E-state index contributed by atoms with van der Waals surface area (Å²) in [5, 5.41) is 20.8. The molecule has 2 aromatic carbocycles. The van der Waals surface area contributed by atoms with E-state index in [0.29, 0.717) is 64.7 Å². The van der Waals surface area contributed by atoms with Gasteiger partial charge in [0.15, 0.2) is 5.13 Å². The molecule has 0 spiro atoms. The second-order valence-corrected chi connectivity index (χ2v) is 14.0. The van der Waals surface area contributed by atoms with Crippen LogP contribution >= 0.6 is 34.5 Å². The Morgan fingerprint density at radius 3 is 2.58 bits per heavy atom. The van der Waals surface area contributed by atoms with E-state index >= 15 is 0 Å². The molecule has 2 saturated carbocycles. The quantitative estimate of drug-likeness (QED) is 0.220. The number of piperidine rings is 1. The van der Waals surface area contributed by atoms with Crippen molar-refractivity contribution in [3.63, 3.8) is 0 Å². The molecule has 2 aromatic heterocycles. The number of fused-ring (bicyclic) bond motifs is 3. The van der Waals surface area contributed by atoms with Gasteiger partial charge in [0.25, 0.3) is 0 Å². The monoisotopic (exact) mass is 639 g/mol. The fourth-order valence-electron chi connectivity index (χ4n) is 7.12. The van der Waals surface area contributed by atoms with Gasteiger partial charge < -0.3 is 19.5 Å². The Bertz CT molecular complexity index is 1700. The smallest absolute Gasteiger partial charge is 0.335 e. The summed E-state index contributed by atoms with van der Waals surface area (Å²) in [7, 11) is 0. The minimum absolute atomic E-state index is 0.129. The molecule has 224 valence electrons. The third kappa shape index (κ3) is 5.01. The molecule has 4 heterocycles. The predicted molar refractivity (Wildman–Crippen MR) is 166 cm³/mol. The fraction of sp³-hybridized carbons (Fsp3) is 0.484. The Hall–Kier alpha value is -2.76. The number of hydrogen-bond acceptors (Lipinski definition) is 8. The lowest BCUT2D eigenvalue weighted by Crippen LogP contribution is -2.38. The molecule has 8 rings (SSSR count). The number of carboxylic acid groups (broad SMARTS) is 1. The second kappa shape index (κ2) is 11.0. The van der Waals surface area contributed by atoms with Crippen LogP contribution in [0.15, 0.2) is 30.3 Å². The van der Waals surface area contributed by atoms with Crippen molar-refractivity contribution in [3.05, 3.63) is 57.2 Å². The number of hydrogen-bond donors (Lipinski definition) is 1. The van der Waals surface area contributed by atoms with Crippen LogP contribution < -0.4 is 4.90 Å². The molecule has 0 radical (unpaired) electrons. The molecule has 0 unspecified atom stereocenters. The maximum absolute atomic E-state index is 11.9. The molecule has 0 amide bonds.